The Morgan fingerprint density at radius 2 is 1.84 bits per heavy atom. The second kappa shape index (κ2) is 9.23. The van der Waals surface area contributed by atoms with Gasteiger partial charge in [-0.15, -0.1) is 11.3 Å². The van der Waals surface area contributed by atoms with E-state index >= 15 is 0 Å². The average molecular weight is 465 g/mol. The molecule has 2 aromatic rings. The number of thiazole rings is 1. The number of aromatic nitrogens is 1. The van der Waals surface area contributed by atoms with Crippen LogP contribution in [0.3, 0.4) is 0 Å². The van der Waals surface area contributed by atoms with Gasteiger partial charge in [0.2, 0.25) is 10.0 Å². The van der Waals surface area contributed by atoms with Crippen molar-refractivity contribution in [2.75, 3.05) is 46.4 Å². The van der Waals surface area contributed by atoms with Crippen molar-refractivity contribution in [1.82, 2.24) is 19.1 Å². The van der Waals surface area contributed by atoms with Crippen LogP contribution in [0.5, 0.6) is 5.75 Å². The largest absolute Gasteiger partial charge is 0.495 e. The van der Waals surface area contributed by atoms with Gasteiger partial charge in [0.1, 0.15) is 10.6 Å². The quantitative estimate of drug-likeness (QED) is 0.652. The first kappa shape index (κ1) is 22.2. The van der Waals surface area contributed by atoms with Crippen LogP contribution in [0.25, 0.3) is 0 Å². The number of nitrogens with zero attached hydrogens (tertiary/aromatic N) is 4. The molecule has 1 amide bonds. The molecule has 0 radical (unpaired) electrons. The van der Waals surface area contributed by atoms with Gasteiger partial charge in [-0.25, -0.2) is 13.4 Å². The molecule has 0 saturated carbocycles. The molecular weight excluding hydrogens is 436 g/mol. The lowest BCUT2D eigenvalue weighted by Gasteiger charge is -2.34. The first-order valence-electron chi connectivity index (χ1n) is 10.5. The Hall–Kier alpha value is -2.01. The highest BCUT2D eigenvalue weighted by Gasteiger charge is 2.31. The van der Waals surface area contributed by atoms with Crippen molar-refractivity contribution in [2.24, 2.45) is 0 Å². The predicted molar refractivity (Wildman–Crippen MR) is 119 cm³/mol. The molecule has 4 rings (SSSR count). The van der Waals surface area contributed by atoms with E-state index in [2.05, 4.69) is 15.3 Å². The second-order valence-corrected chi connectivity index (χ2v) is 10.9. The lowest BCUT2D eigenvalue weighted by molar-refractivity contribution is 0.0627. The van der Waals surface area contributed by atoms with Crippen LogP contribution in [0.1, 0.15) is 33.9 Å². The van der Waals surface area contributed by atoms with Gasteiger partial charge in [0.05, 0.1) is 17.8 Å². The summed E-state index contributed by atoms with van der Waals surface area (Å²) in [7, 11) is -2.24. The summed E-state index contributed by atoms with van der Waals surface area (Å²) >= 11 is 1.65. The summed E-state index contributed by atoms with van der Waals surface area (Å²) < 4.78 is 33.0. The molecule has 2 saturated heterocycles. The van der Waals surface area contributed by atoms with E-state index in [1.165, 1.54) is 17.5 Å². The Bertz CT molecular complexity index is 1040. The summed E-state index contributed by atoms with van der Waals surface area (Å²) in [5, 5.41) is 3.13. The van der Waals surface area contributed by atoms with E-state index in [1.54, 1.807) is 28.4 Å². The zero-order valence-electron chi connectivity index (χ0n) is 17.9. The lowest BCUT2D eigenvalue weighted by atomic mass is 10.1. The normalized spacial score (nSPS) is 18.5. The van der Waals surface area contributed by atoms with Gasteiger partial charge in [-0.05, 0) is 38.0 Å². The van der Waals surface area contributed by atoms with Crippen LogP contribution in [0.4, 0.5) is 0 Å². The van der Waals surface area contributed by atoms with Gasteiger partial charge in [0.15, 0.2) is 0 Å². The minimum absolute atomic E-state index is 0.0697. The highest BCUT2D eigenvalue weighted by Crippen LogP contribution is 2.30. The minimum Gasteiger partial charge on any atom is -0.495 e. The van der Waals surface area contributed by atoms with Crippen LogP contribution >= 0.6 is 11.3 Å². The third-order valence-electron chi connectivity index (χ3n) is 5.81. The number of sulfonamides is 1. The summed E-state index contributed by atoms with van der Waals surface area (Å²) in [6.45, 7) is 6.51. The summed E-state index contributed by atoms with van der Waals surface area (Å²) in [6.07, 6.45) is 1.70. The number of methoxy groups -OCH3 is 1. The van der Waals surface area contributed by atoms with E-state index in [0.29, 0.717) is 31.7 Å². The maximum absolute atomic E-state index is 13.1. The molecule has 168 valence electrons. The van der Waals surface area contributed by atoms with Crippen molar-refractivity contribution in [3.63, 3.8) is 0 Å². The van der Waals surface area contributed by atoms with E-state index in [1.807, 2.05) is 6.92 Å². The molecule has 8 nitrogen and oxygen atoms in total. The molecule has 1 aromatic heterocycles. The maximum atomic E-state index is 13.1. The molecule has 0 atom stereocenters. The van der Waals surface area contributed by atoms with Crippen molar-refractivity contribution in [3.05, 3.63) is 39.8 Å². The van der Waals surface area contributed by atoms with Crippen LogP contribution in [0.2, 0.25) is 0 Å². The summed E-state index contributed by atoms with van der Waals surface area (Å²) in [5.74, 6) is 0.122. The van der Waals surface area contributed by atoms with Crippen molar-refractivity contribution in [2.45, 2.75) is 31.2 Å². The number of amides is 1. The van der Waals surface area contributed by atoms with Crippen LogP contribution in [-0.2, 0) is 16.6 Å². The van der Waals surface area contributed by atoms with Crippen LogP contribution in [-0.4, -0.2) is 79.8 Å². The Kier molecular flexibility index (Phi) is 6.61. The van der Waals surface area contributed by atoms with E-state index in [0.717, 1.165) is 43.2 Å². The van der Waals surface area contributed by atoms with E-state index in [-0.39, 0.29) is 16.6 Å². The third-order valence-corrected chi connectivity index (χ3v) is 8.55. The summed E-state index contributed by atoms with van der Waals surface area (Å²) in [5.41, 5.74) is 1.44. The van der Waals surface area contributed by atoms with Gasteiger partial charge in [0, 0.05) is 56.8 Å². The Labute approximate surface area is 187 Å². The zero-order chi connectivity index (χ0) is 22.0. The number of aryl methyl sites for hydroxylation is 1. The molecule has 0 N–H and O–H groups in total. The monoisotopic (exact) mass is 464 g/mol. The molecule has 0 aliphatic carbocycles. The molecule has 1 aromatic carbocycles. The van der Waals surface area contributed by atoms with Crippen LogP contribution in [0, 0.1) is 6.92 Å². The summed E-state index contributed by atoms with van der Waals surface area (Å²) in [4.78, 5) is 21.8. The standard InChI is InChI=1S/C21H28N4O4S2/c1-16-22-18(15-30-16)14-23-9-11-24(12-10-23)21(26)17-5-6-19(29-2)20(13-17)31(27,28)25-7-3-4-8-25/h5-6,13,15H,3-4,7-12,14H2,1-2H3. The zero-order valence-corrected chi connectivity index (χ0v) is 19.5. The number of hydrogen-bond acceptors (Lipinski definition) is 7. The fraction of sp³-hybridized carbons (Fsp3) is 0.524. The Morgan fingerprint density at radius 1 is 1.13 bits per heavy atom. The Balaban J connectivity index is 1.46. The number of benzene rings is 1. The van der Waals surface area contributed by atoms with E-state index in [4.69, 9.17) is 4.74 Å². The number of carbonyl (C=O) groups excluding carboxylic acids is 1. The molecule has 2 fully saturated rings. The fourth-order valence-corrected chi connectivity index (χ4v) is 6.38. The molecule has 3 heterocycles. The van der Waals surface area contributed by atoms with Gasteiger partial charge in [-0.3, -0.25) is 9.69 Å². The molecule has 0 unspecified atom stereocenters. The summed E-state index contributed by atoms with van der Waals surface area (Å²) in [6, 6.07) is 4.70. The Morgan fingerprint density at radius 3 is 2.45 bits per heavy atom. The topological polar surface area (TPSA) is 83.0 Å². The molecule has 0 bridgehead atoms. The first-order chi connectivity index (χ1) is 14.9. The number of piperazine rings is 1. The molecule has 2 aliphatic rings. The highest BCUT2D eigenvalue weighted by molar-refractivity contribution is 7.89. The molecule has 31 heavy (non-hydrogen) atoms. The van der Waals surface area contributed by atoms with Gasteiger partial charge in [0.25, 0.3) is 5.91 Å². The fourth-order valence-electron chi connectivity index (χ4n) is 4.08. The van der Waals surface area contributed by atoms with Crippen LogP contribution < -0.4 is 4.74 Å². The van der Waals surface area contributed by atoms with E-state index < -0.39 is 10.0 Å². The predicted octanol–water partition coefficient (Wildman–Crippen LogP) is 2.20. The molecule has 2 aliphatic heterocycles. The van der Waals surface area contributed by atoms with Gasteiger partial charge in [-0.2, -0.15) is 4.31 Å². The number of hydrogen-bond donors (Lipinski definition) is 0. The van der Waals surface area contributed by atoms with Crippen molar-refractivity contribution in [1.29, 1.82) is 0 Å². The van der Waals surface area contributed by atoms with Crippen molar-refractivity contribution in [3.8, 4) is 5.75 Å². The van der Waals surface area contributed by atoms with Crippen molar-refractivity contribution >= 4 is 27.3 Å². The van der Waals surface area contributed by atoms with Gasteiger partial charge < -0.3 is 9.64 Å². The smallest absolute Gasteiger partial charge is 0.253 e. The van der Waals surface area contributed by atoms with Crippen LogP contribution in [0.15, 0.2) is 28.5 Å². The molecule has 0 spiro atoms. The number of rotatable bonds is 6. The van der Waals surface area contributed by atoms with Gasteiger partial charge >= 0.3 is 0 Å². The SMILES string of the molecule is COc1ccc(C(=O)N2CCN(Cc3csc(C)n3)CC2)cc1S(=O)(=O)N1CCCC1. The minimum atomic E-state index is -3.69. The second-order valence-electron chi connectivity index (χ2n) is 7.90. The van der Waals surface area contributed by atoms with Crippen molar-refractivity contribution < 1.29 is 17.9 Å². The first-order valence-corrected chi connectivity index (χ1v) is 12.8. The molecular formula is C21H28N4O4S2. The molecule has 10 heteroatoms. The highest BCUT2D eigenvalue weighted by atomic mass is 32.2. The lowest BCUT2D eigenvalue weighted by Crippen LogP contribution is -2.48. The third kappa shape index (κ3) is 4.77. The van der Waals surface area contributed by atoms with E-state index in [9.17, 15) is 13.2 Å². The number of ether oxygens (including phenoxy) is 1. The number of carbonyl (C=O) groups is 1. The maximum Gasteiger partial charge on any atom is 0.253 e. The average Bonchev–Trinajstić information content (AvgIpc) is 3.46. The van der Waals surface area contributed by atoms with Gasteiger partial charge in [-0.1, -0.05) is 0 Å².